The van der Waals surface area contributed by atoms with Gasteiger partial charge in [-0.15, -0.1) is 0 Å². The number of benzene rings is 1. The quantitative estimate of drug-likeness (QED) is 0.727. The van der Waals surface area contributed by atoms with Gasteiger partial charge in [0.15, 0.2) is 0 Å². The van der Waals surface area contributed by atoms with Gasteiger partial charge in [-0.3, -0.25) is 9.36 Å². The molecule has 0 spiro atoms. The molecule has 0 aromatic heterocycles. The third-order valence-corrected chi connectivity index (χ3v) is 3.88. The van der Waals surface area contributed by atoms with Crippen molar-refractivity contribution in [2.45, 2.75) is 6.42 Å². The number of carbonyl (C=O) groups is 1. The molecule has 1 aromatic rings. The van der Waals surface area contributed by atoms with E-state index in [1.165, 1.54) is 0 Å². The highest BCUT2D eigenvalue weighted by Gasteiger charge is 2.37. The zero-order chi connectivity index (χ0) is 10.7. The van der Waals surface area contributed by atoms with Gasteiger partial charge in [-0.1, -0.05) is 30.3 Å². The molecule has 0 unspecified atom stereocenters. The Hall–Kier alpha value is -0.960. The van der Waals surface area contributed by atoms with Gasteiger partial charge < -0.3 is 9.05 Å². The predicted molar refractivity (Wildman–Crippen MR) is 54.9 cm³/mol. The summed E-state index contributed by atoms with van der Waals surface area (Å²) >= 11 is 0. The Morgan fingerprint density at radius 3 is 2.33 bits per heavy atom. The van der Waals surface area contributed by atoms with E-state index in [1.54, 1.807) is 30.3 Å². The Morgan fingerprint density at radius 2 is 1.73 bits per heavy atom. The van der Waals surface area contributed by atoms with Gasteiger partial charge in [0, 0.05) is 5.56 Å². The summed E-state index contributed by atoms with van der Waals surface area (Å²) in [5.74, 6) is 0. The molecule has 4 nitrogen and oxygen atoms in total. The van der Waals surface area contributed by atoms with Crippen LogP contribution in [0.5, 0.6) is 0 Å². The zero-order valence-corrected chi connectivity index (χ0v) is 8.98. The van der Waals surface area contributed by atoms with E-state index in [2.05, 4.69) is 0 Å². The largest absolute Gasteiger partial charge is 0.401 e. The summed E-state index contributed by atoms with van der Waals surface area (Å²) in [4.78, 5) is 11.8. The van der Waals surface area contributed by atoms with Crippen LogP contribution in [0.15, 0.2) is 30.3 Å². The van der Waals surface area contributed by atoms with Crippen molar-refractivity contribution in [3.63, 3.8) is 0 Å². The fraction of sp³-hybridized carbons (Fsp3) is 0.300. The van der Waals surface area contributed by atoms with Gasteiger partial charge in [-0.25, -0.2) is 0 Å². The average molecular weight is 226 g/mol. The van der Waals surface area contributed by atoms with Crippen molar-refractivity contribution < 1.29 is 18.4 Å². The van der Waals surface area contributed by atoms with Crippen molar-refractivity contribution in [3.05, 3.63) is 35.9 Å². The molecule has 80 valence electrons. The smallest absolute Gasteiger partial charge is 0.303 e. The number of carbonyl (C=O) groups excluding carboxylic acids is 1. The topological polar surface area (TPSA) is 52.6 Å². The highest BCUT2D eigenvalue weighted by molar-refractivity contribution is 7.72. The first-order chi connectivity index (χ1) is 7.22. The molecule has 0 saturated carbocycles. The highest BCUT2D eigenvalue weighted by atomic mass is 31.2. The van der Waals surface area contributed by atoms with Crippen LogP contribution in [0.25, 0.3) is 0 Å². The summed E-state index contributed by atoms with van der Waals surface area (Å²) in [6.45, 7) is 0.631. The normalized spacial score (nSPS) is 19.7. The van der Waals surface area contributed by atoms with Gasteiger partial charge in [-0.2, -0.15) is 0 Å². The number of hydrogen-bond acceptors (Lipinski definition) is 4. The molecule has 1 aliphatic heterocycles. The van der Waals surface area contributed by atoms with Gasteiger partial charge in [0.1, 0.15) is 0 Å². The summed E-state index contributed by atoms with van der Waals surface area (Å²) in [6, 6.07) is 8.41. The van der Waals surface area contributed by atoms with Crippen molar-refractivity contribution >= 4 is 13.1 Å². The minimum absolute atomic E-state index is 0.315. The summed E-state index contributed by atoms with van der Waals surface area (Å²) in [5, 5.41) is 0. The molecule has 0 radical (unpaired) electrons. The SMILES string of the molecule is O=C(c1ccccc1)P1(=O)OCCCO1. The van der Waals surface area contributed by atoms with Crippen molar-refractivity contribution in [3.8, 4) is 0 Å². The predicted octanol–water partition coefficient (Wildman–Crippen LogP) is 2.46. The number of rotatable bonds is 2. The lowest BCUT2D eigenvalue weighted by atomic mass is 10.2. The molecule has 15 heavy (non-hydrogen) atoms. The fourth-order valence-corrected chi connectivity index (χ4v) is 2.84. The van der Waals surface area contributed by atoms with Crippen molar-refractivity contribution in [2.75, 3.05) is 13.2 Å². The molecule has 0 bridgehead atoms. The maximum absolute atomic E-state index is 11.9. The van der Waals surface area contributed by atoms with E-state index in [-0.39, 0.29) is 0 Å². The van der Waals surface area contributed by atoms with Crippen molar-refractivity contribution in [1.29, 1.82) is 0 Å². The first-order valence-corrected chi connectivity index (χ1v) is 6.26. The molecule has 0 N–H and O–H groups in total. The second-order valence-corrected chi connectivity index (χ2v) is 5.11. The Labute approximate surface area is 87.7 Å². The first-order valence-electron chi connectivity index (χ1n) is 4.71. The van der Waals surface area contributed by atoms with Crippen LogP contribution in [0, 0.1) is 0 Å². The van der Waals surface area contributed by atoms with Gasteiger partial charge in [-0.05, 0) is 6.42 Å². The Bertz CT molecular complexity index is 391. The molecule has 5 heteroatoms. The highest BCUT2D eigenvalue weighted by Crippen LogP contribution is 2.53. The van der Waals surface area contributed by atoms with Crippen LogP contribution < -0.4 is 0 Å². The van der Waals surface area contributed by atoms with E-state index in [1.807, 2.05) is 0 Å². The molecule has 0 atom stereocenters. The summed E-state index contributed by atoms with van der Waals surface area (Å²) in [7, 11) is -3.57. The van der Waals surface area contributed by atoms with Gasteiger partial charge in [0.05, 0.1) is 13.2 Å². The minimum atomic E-state index is -3.57. The van der Waals surface area contributed by atoms with Gasteiger partial charge in [0.25, 0.3) is 5.52 Å². The maximum atomic E-state index is 11.9. The van der Waals surface area contributed by atoms with E-state index in [4.69, 9.17) is 9.05 Å². The molecule has 0 amide bonds. The van der Waals surface area contributed by atoms with E-state index >= 15 is 0 Å². The van der Waals surface area contributed by atoms with Crippen LogP contribution >= 0.6 is 7.60 Å². The standard InChI is InChI=1S/C10H11O4P/c11-10(9-5-2-1-3-6-9)15(12)13-7-4-8-14-15/h1-3,5-6H,4,7-8H2. The second-order valence-electron chi connectivity index (χ2n) is 3.19. The summed E-state index contributed by atoms with van der Waals surface area (Å²) in [6.07, 6.45) is 0.673. The zero-order valence-electron chi connectivity index (χ0n) is 8.09. The van der Waals surface area contributed by atoms with Gasteiger partial charge >= 0.3 is 7.60 Å². The second kappa shape index (κ2) is 4.27. The molecule has 1 saturated heterocycles. The third-order valence-electron chi connectivity index (χ3n) is 2.08. The van der Waals surface area contributed by atoms with E-state index in [9.17, 15) is 9.36 Å². The van der Waals surface area contributed by atoms with Crippen molar-refractivity contribution in [1.82, 2.24) is 0 Å². The van der Waals surface area contributed by atoms with E-state index in [0.717, 1.165) is 0 Å². The molecular weight excluding hydrogens is 215 g/mol. The summed E-state index contributed by atoms with van der Waals surface area (Å²) < 4.78 is 21.9. The first kappa shape index (κ1) is 10.6. The lowest BCUT2D eigenvalue weighted by Gasteiger charge is -2.21. The van der Waals surface area contributed by atoms with Crippen LogP contribution in [0.4, 0.5) is 0 Å². The third kappa shape index (κ3) is 2.17. The molecule has 1 aromatic carbocycles. The monoisotopic (exact) mass is 226 g/mol. The van der Waals surface area contributed by atoms with Crippen LogP contribution in [-0.4, -0.2) is 18.7 Å². The molecule has 1 heterocycles. The van der Waals surface area contributed by atoms with Gasteiger partial charge in [0.2, 0.25) is 0 Å². The van der Waals surface area contributed by atoms with Crippen molar-refractivity contribution in [2.24, 2.45) is 0 Å². The average Bonchev–Trinajstić information content (AvgIpc) is 2.30. The lowest BCUT2D eigenvalue weighted by Crippen LogP contribution is -2.14. The fourth-order valence-electron chi connectivity index (χ4n) is 1.32. The molecule has 1 fully saturated rings. The van der Waals surface area contributed by atoms with Crippen LogP contribution in [0.3, 0.4) is 0 Å². The van der Waals surface area contributed by atoms with Crippen LogP contribution in [0.2, 0.25) is 0 Å². The Kier molecular flexibility index (Phi) is 3.00. The molecule has 1 aliphatic rings. The van der Waals surface area contributed by atoms with E-state index < -0.39 is 13.1 Å². The molecule has 2 rings (SSSR count). The van der Waals surface area contributed by atoms with Crippen LogP contribution in [-0.2, 0) is 13.6 Å². The summed E-state index contributed by atoms with van der Waals surface area (Å²) in [5.41, 5.74) is -0.189. The van der Waals surface area contributed by atoms with E-state index in [0.29, 0.717) is 25.2 Å². The lowest BCUT2D eigenvalue weighted by molar-refractivity contribution is 0.0933. The Morgan fingerprint density at radius 1 is 1.13 bits per heavy atom. The van der Waals surface area contributed by atoms with Crippen LogP contribution in [0.1, 0.15) is 16.8 Å². The minimum Gasteiger partial charge on any atom is -0.303 e. The Balaban J connectivity index is 2.24. The molecular formula is C10H11O4P. The molecule has 0 aliphatic carbocycles. The number of hydrogen-bond donors (Lipinski definition) is 0. The maximum Gasteiger partial charge on any atom is 0.401 e.